The van der Waals surface area contributed by atoms with Gasteiger partial charge >= 0.3 is 10.1 Å². The van der Waals surface area contributed by atoms with Gasteiger partial charge in [0.25, 0.3) is 0 Å². The minimum Gasteiger partial charge on any atom is -0.370 e. The van der Waals surface area contributed by atoms with E-state index in [1.165, 1.54) is 0 Å². The fourth-order valence-corrected chi connectivity index (χ4v) is 1.25. The number of nitrogens with two attached hydrogens (primary N) is 1. The Morgan fingerprint density at radius 2 is 2.00 bits per heavy atom. The molecular weight excluding hydrogens is 248 g/mol. The lowest BCUT2D eigenvalue weighted by molar-refractivity contribution is -0.129. The topological polar surface area (TPSA) is 116 Å². The summed E-state index contributed by atoms with van der Waals surface area (Å²) in [6.07, 6.45) is -0.448. The Balaban J connectivity index is 3.96. The van der Waals surface area contributed by atoms with Crippen molar-refractivity contribution in [2.24, 2.45) is 5.73 Å². The van der Waals surface area contributed by atoms with Crippen LogP contribution in [0, 0.1) is 0 Å². The van der Waals surface area contributed by atoms with Gasteiger partial charge in [-0.1, -0.05) is 11.6 Å². The van der Waals surface area contributed by atoms with E-state index in [2.05, 4.69) is 4.28 Å². The zero-order valence-electron chi connectivity index (χ0n) is 7.47. The third kappa shape index (κ3) is 7.91. The molecule has 0 aliphatic rings. The highest BCUT2D eigenvalue weighted by molar-refractivity contribution is 7.89. The van der Waals surface area contributed by atoms with Gasteiger partial charge in [-0.3, -0.25) is 9.59 Å². The largest absolute Gasteiger partial charge is 0.370 e. The highest BCUT2D eigenvalue weighted by Gasteiger charge is 2.10. The Kier molecular flexibility index (Phi) is 5.90. The standard InChI is InChI=1S/C6H9ClN2O5S/c7-3-4-15(12,13)14-9-6(11)2-1-5(8)10/h3-4H,1-2H2,(H2,8,10)(H,9,11). The van der Waals surface area contributed by atoms with E-state index in [0.29, 0.717) is 10.9 Å². The minimum atomic E-state index is -4.03. The van der Waals surface area contributed by atoms with Gasteiger partial charge in [-0.05, 0) is 0 Å². The molecule has 15 heavy (non-hydrogen) atoms. The number of hydrogen-bond acceptors (Lipinski definition) is 5. The van der Waals surface area contributed by atoms with Crippen molar-refractivity contribution in [1.29, 1.82) is 0 Å². The van der Waals surface area contributed by atoms with E-state index in [-0.39, 0.29) is 12.8 Å². The van der Waals surface area contributed by atoms with Gasteiger partial charge in [-0.2, -0.15) is 8.42 Å². The van der Waals surface area contributed by atoms with Crippen LogP contribution in [0.1, 0.15) is 12.8 Å². The number of nitrogens with one attached hydrogen (secondary N) is 1. The summed E-state index contributed by atoms with van der Waals surface area (Å²) in [7, 11) is -4.03. The van der Waals surface area contributed by atoms with Crippen LogP contribution in [-0.4, -0.2) is 20.2 Å². The smallest absolute Gasteiger partial charge is 0.311 e. The number of primary amides is 1. The second-order valence-corrected chi connectivity index (χ2v) is 4.01. The normalized spacial score (nSPS) is 11.5. The van der Waals surface area contributed by atoms with Crippen LogP contribution in [0.15, 0.2) is 10.9 Å². The first-order valence-corrected chi connectivity index (χ1v) is 5.55. The van der Waals surface area contributed by atoms with Gasteiger partial charge in [0, 0.05) is 18.4 Å². The summed E-state index contributed by atoms with van der Waals surface area (Å²) in [6.45, 7) is 0. The first kappa shape index (κ1) is 13.9. The van der Waals surface area contributed by atoms with Gasteiger partial charge in [0.2, 0.25) is 11.8 Å². The van der Waals surface area contributed by atoms with Crippen LogP contribution in [0.5, 0.6) is 0 Å². The zero-order valence-corrected chi connectivity index (χ0v) is 9.05. The molecule has 0 heterocycles. The Morgan fingerprint density at radius 3 is 2.47 bits per heavy atom. The maximum absolute atomic E-state index is 10.8. The molecule has 7 nitrogen and oxygen atoms in total. The average Bonchev–Trinajstić information content (AvgIpc) is 2.11. The van der Waals surface area contributed by atoms with Crippen LogP contribution in [0.2, 0.25) is 0 Å². The maximum atomic E-state index is 10.8. The summed E-state index contributed by atoms with van der Waals surface area (Å²) >= 11 is 4.99. The van der Waals surface area contributed by atoms with Crippen molar-refractivity contribution >= 4 is 33.5 Å². The minimum absolute atomic E-state index is 0.194. The van der Waals surface area contributed by atoms with Crippen molar-refractivity contribution in [1.82, 2.24) is 5.48 Å². The number of carbonyl (C=O) groups excluding carboxylic acids is 2. The van der Waals surface area contributed by atoms with Crippen LogP contribution < -0.4 is 11.2 Å². The van der Waals surface area contributed by atoms with Crippen LogP contribution in [-0.2, 0) is 24.0 Å². The Morgan fingerprint density at radius 1 is 1.40 bits per heavy atom. The maximum Gasteiger partial charge on any atom is 0.311 e. The van der Waals surface area contributed by atoms with Crippen LogP contribution >= 0.6 is 11.6 Å². The molecule has 0 aliphatic heterocycles. The zero-order chi connectivity index (χ0) is 11.9. The number of hydrogen-bond donors (Lipinski definition) is 2. The molecule has 0 atom stereocenters. The lowest BCUT2D eigenvalue weighted by atomic mass is 10.3. The van der Waals surface area contributed by atoms with E-state index in [1.807, 2.05) is 0 Å². The fraction of sp³-hybridized carbons (Fsp3) is 0.333. The molecule has 0 spiro atoms. The molecule has 0 radical (unpaired) electrons. The molecule has 0 aliphatic carbocycles. The molecule has 0 unspecified atom stereocenters. The first-order valence-electron chi connectivity index (χ1n) is 3.65. The SMILES string of the molecule is NC(=O)CCC(=O)NOS(=O)(=O)C=CCl. The van der Waals surface area contributed by atoms with Crippen molar-refractivity contribution in [3.8, 4) is 0 Å². The quantitative estimate of drug-likeness (QED) is 0.612. The molecule has 0 fully saturated rings. The number of carbonyl (C=O) groups is 2. The highest BCUT2D eigenvalue weighted by atomic mass is 35.5. The van der Waals surface area contributed by atoms with E-state index >= 15 is 0 Å². The van der Waals surface area contributed by atoms with Gasteiger partial charge in [-0.25, -0.2) is 5.48 Å². The second-order valence-electron chi connectivity index (χ2n) is 2.33. The Hall–Kier alpha value is -1.12. The van der Waals surface area contributed by atoms with E-state index in [0.717, 1.165) is 0 Å². The van der Waals surface area contributed by atoms with Gasteiger partial charge in [0.1, 0.15) is 0 Å². The van der Waals surface area contributed by atoms with Crippen molar-refractivity contribution in [3.05, 3.63) is 10.9 Å². The van der Waals surface area contributed by atoms with E-state index in [4.69, 9.17) is 17.3 Å². The predicted molar refractivity (Wildman–Crippen MR) is 51.6 cm³/mol. The Labute approximate surface area is 91.3 Å². The third-order valence-electron chi connectivity index (χ3n) is 1.09. The van der Waals surface area contributed by atoms with Gasteiger partial charge < -0.3 is 5.73 Å². The number of rotatable bonds is 6. The molecule has 0 rings (SSSR count). The number of hydroxylamine groups is 1. The first-order chi connectivity index (χ1) is 6.87. The summed E-state index contributed by atoms with van der Waals surface area (Å²) in [5.41, 5.74) is 7.10. The number of amides is 2. The number of halogens is 1. The molecule has 86 valence electrons. The molecule has 0 saturated heterocycles. The summed E-state index contributed by atoms with van der Waals surface area (Å²) in [4.78, 5) is 21.1. The molecule has 0 aromatic rings. The molecule has 0 bridgehead atoms. The van der Waals surface area contributed by atoms with Gasteiger partial charge in [0.05, 0.1) is 5.41 Å². The van der Waals surface area contributed by atoms with Crippen molar-refractivity contribution in [2.45, 2.75) is 12.8 Å². The van der Waals surface area contributed by atoms with Crippen molar-refractivity contribution in [3.63, 3.8) is 0 Å². The molecule has 0 saturated carbocycles. The lowest BCUT2D eigenvalue weighted by Crippen LogP contribution is -2.27. The molecule has 9 heteroatoms. The van der Waals surface area contributed by atoms with E-state index in [9.17, 15) is 18.0 Å². The lowest BCUT2D eigenvalue weighted by Gasteiger charge is -2.01. The van der Waals surface area contributed by atoms with Crippen molar-refractivity contribution in [2.75, 3.05) is 0 Å². The van der Waals surface area contributed by atoms with Crippen molar-refractivity contribution < 1.29 is 22.3 Å². The van der Waals surface area contributed by atoms with Crippen LogP contribution in [0.4, 0.5) is 0 Å². The monoisotopic (exact) mass is 256 g/mol. The molecular formula is C6H9ClN2O5S. The molecule has 0 aromatic heterocycles. The fourth-order valence-electron chi connectivity index (χ4n) is 0.483. The molecule has 3 N–H and O–H groups in total. The predicted octanol–water partition coefficient (Wildman–Crippen LogP) is -0.661. The highest BCUT2D eigenvalue weighted by Crippen LogP contribution is 1.95. The van der Waals surface area contributed by atoms with Crippen LogP contribution in [0.25, 0.3) is 0 Å². The molecule has 0 aromatic carbocycles. The van der Waals surface area contributed by atoms with E-state index < -0.39 is 21.9 Å². The van der Waals surface area contributed by atoms with E-state index in [1.54, 1.807) is 5.48 Å². The second kappa shape index (κ2) is 6.38. The van der Waals surface area contributed by atoms with Gasteiger partial charge in [0.15, 0.2) is 0 Å². The average molecular weight is 257 g/mol. The summed E-state index contributed by atoms with van der Waals surface area (Å²) in [5.74, 6) is -1.45. The summed E-state index contributed by atoms with van der Waals surface area (Å²) < 4.78 is 25.6. The van der Waals surface area contributed by atoms with Gasteiger partial charge in [-0.15, -0.1) is 4.28 Å². The molecule has 2 amide bonds. The Bertz CT molecular complexity index is 364. The van der Waals surface area contributed by atoms with Crippen LogP contribution in [0.3, 0.4) is 0 Å². The summed E-state index contributed by atoms with van der Waals surface area (Å²) in [5, 5.41) is 0.545. The third-order valence-corrected chi connectivity index (χ3v) is 2.15. The summed E-state index contributed by atoms with van der Waals surface area (Å²) in [6, 6.07) is 0.